The molecule has 0 aliphatic heterocycles. The molecule has 0 aliphatic carbocycles. The molecule has 0 radical (unpaired) electrons. The van der Waals surface area contributed by atoms with Crippen LogP contribution in [-0.2, 0) is 4.79 Å². The van der Waals surface area contributed by atoms with Gasteiger partial charge in [-0.3, -0.25) is 4.79 Å². The van der Waals surface area contributed by atoms with Gasteiger partial charge in [0.2, 0.25) is 0 Å². The Bertz CT molecular complexity index is 518. The standard InChI is InChI=1S/C14H18FNO4/c1-4-7-14(2,13(18)19)16-12(17)9-5-6-10(15)11(8-9)20-3/h5-6,8H,4,7H2,1-3H3,(H,16,17)(H,18,19). The number of benzene rings is 1. The number of amides is 1. The minimum Gasteiger partial charge on any atom is -0.494 e. The molecule has 6 heteroatoms. The fraction of sp³-hybridized carbons (Fsp3) is 0.429. The molecule has 0 spiro atoms. The highest BCUT2D eigenvalue weighted by atomic mass is 19.1. The van der Waals surface area contributed by atoms with Crippen molar-refractivity contribution in [2.45, 2.75) is 32.2 Å². The summed E-state index contributed by atoms with van der Waals surface area (Å²) in [5.41, 5.74) is -1.21. The fourth-order valence-electron chi connectivity index (χ4n) is 1.85. The van der Waals surface area contributed by atoms with Crippen molar-refractivity contribution in [1.29, 1.82) is 0 Å². The lowest BCUT2D eigenvalue weighted by molar-refractivity contribution is -0.144. The number of nitrogens with one attached hydrogen (secondary N) is 1. The zero-order valence-corrected chi connectivity index (χ0v) is 11.7. The lowest BCUT2D eigenvalue weighted by Gasteiger charge is -2.25. The molecule has 110 valence electrons. The van der Waals surface area contributed by atoms with Gasteiger partial charge in [0.25, 0.3) is 5.91 Å². The largest absolute Gasteiger partial charge is 0.494 e. The maximum Gasteiger partial charge on any atom is 0.329 e. The third kappa shape index (κ3) is 3.46. The van der Waals surface area contributed by atoms with E-state index in [9.17, 15) is 19.1 Å². The quantitative estimate of drug-likeness (QED) is 0.839. The van der Waals surface area contributed by atoms with Crippen LogP contribution in [0.5, 0.6) is 5.75 Å². The Kier molecular flexibility index (Phi) is 5.07. The number of hydrogen-bond donors (Lipinski definition) is 2. The summed E-state index contributed by atoms with van der Waals surface area (Å²) < 4.78 is 18.1. The Labute approximate surface area is 116 Å². The second kappa shape index (κ2) is 6.36. The molecule has 1 atom stereocenters. The molecule has 0 bridgehead atoms. The molecule has 1 rings (SSSR count). The molecule has 0 fully saturated rings. The van der Waals surface area contributed by atoms with Gasteiger partial charge in [-0.05, 0) is 31.5 Å². The van der Waals surface area contributed by atoms with Crippen molar-refractivity contribution >= 4 is 11.9 Å². The first-order valence-electron chi connectivity index (χ1n) is 6.23. The zero-order chi connectivity index (χ0) is 15.3. The summed E-state index contributed by atoms with van der Waals surface area (Å²) in [6.45, 7) is 3.27. The Morgan fingerprint density at radius 1 is 1.45 bits per heavy atom. The number of ether oxygens (including phenoxy) is 1. The van der Waals surface area contributed by atoms with Crippen LogP contribution >= 0.6 is 0 Å². The number of carbonyl (C=O) groups is 2. The van der Waals surface area contributed by atoms with Crippen LogP contribution in [0.1, 0.15) is 37.0 Å². The van der Waals surface area contributed by atoms with Gasteiger partial charge in [0.05, 0.1) is 7.11 Å². The molecule has 5 nitrogen and oxygen atoms in total. The van der Waals surface area contributed by atoms with E-state index in [0.29, 0.717) is 12.8 Å². The smallest absolute Gasteiger partial charge is 0.329 e. The molecular formula is C14H18FNO4. The highest BCUT2D eigenvalue weighted by Gasteiger charge is 2.34. The van der Waals surface area contributed by atoms with Gasteiger partial charge >= 0.3 is 5.97 Å². The van der Waals surface area contributed by atoms with E-state index < -0.39 is 23.2 Å². The minimum absolute atomic E-state index is 0.0647. The molecule has 2 N–H and O–H groups in total. The first-order chi connectivity index (χ1) is 9.34. The molecule has 1 aromatic rings. The third-order valence-electron chi connectivity index (χ3n) is 3.02. The van der Waals surface area contributed by atoms with Crippen molar-refractivity contribution in [3.8, 4) is 5.75 Å². The van der Waals surface area contributed by atoms with Crippen LogP contribution in [-0.4, -0.2) is 29.6 Å². The molecule has 0 saturated carbocycles. The first kappa shape index (κ1) is 15.9. The lowest BCUT2D eigenvalue weighted by atomic mass is 9.95. The van der Waals surface area contributed by atoms with Gasteiger partial charge in [-0.15, -0.1) is 0 Å². The number of aliphatic carboxylic acids is 1. The Hall–Kier alpha value is -2.11. The van der Waals surface area contributed by atoms with Gasteiger partial charge in [0, 0.05) is 5.56 Å². The van der Waals surface area contributed by atoms with Crippen molar-refractivity contribution in [2.75, 3.05) is 7.11 Å². The van der Waals surface area contributed by atoms with Crippen LogP contribution < -0.4 is 10.1 Å². The topological polar surface area (TPSA) is 75.6 Å². The van der Waals surface area contributed by atoms with Crippen LogP contribution in [0.15, 0.2) is 18.2 Å². The van der Waals surface area contributed by atoms with E-state index in [0.717, 1.165) is 6.07 Å². The molecular weight excluding hydrogens is 265 g/mol. The number of halogens is 1. The summed E-state index contributed by atoms with van der Waals surface area (Å²) in [7, 11) is 1.29. The lowest BCUT2D eigenvalue weighted by Crippen LogP contribution is -2.52. The third-order valence-corrected chi connectivity index (χ3v) is 3.02. The summed E-state index contributed by atoms with van der Waals surface area (Å²) >= 11 is 0. The number of hydrogen-bond acceptors (Lipinski definition) is 3. The average molecular weight is 283 g/mol. The van der Waals surface area contributed by atoms with Gasteiger partial charge in [-0.2, -0.15) is 0 Å². The molecule has 1 amide bonds. The van der Waals surface area contributed by atoms with Crippen LogP contribution in [0.4, 0.5) is 4.39 Å². The normalized spacial score (nSPS) is 13.4. The first-order valence-corrected chi connectivity index (χ1v) is 6.23. The summed E-state index contributed by atoms with van der Waals surface area (Å²) in [6, 6.07) is 3.62. The molecule has 20 heavy (non-hydrogen) atoms. The maximum atomic E-state index is 13.3. The van der Waals surface area contributed by atoms with Gasteiger partial charge in [-0.1, -0.05) is 13.3 Å². The number of rotatable bonds is 6. The summed E-state index contributed by atoms with van der Waals surface area (Å²) in [6.07, 6.45) is 0.905. The van der Waals surface area contributed by atoms with E-state index in [-0.39, 0.29) is 11.3 Å². The Balaban J connectivity index is 2.98. The number of methoxy groups -OCH3 is 1. The molecule has 0 aromatic heterocycles. The second-order valence-corrected chi connectivity index (χ2v) is 4.69. The number of carboxylic acids is 1. The van der Waals surface area contributed by atoms with Gasteiger partial charge < -0.3 is 15.2 Å². The van der Waals surface area contributed by atoms with E-state index in [2.05, 4.69) is 5.32 Å². The Morgan fingerprint density at radius 3 is 2.60 bits per heavy atom. The molecule has 1 unspecified atom stereocenters. The van der Waals surface area contributed by atoms with Gasteiger partial charge in [-0.25, -0.2) is 9.18 Å². The van der Waals surface area contributed by atoms with E-state index in [4.69, 9.17) is 4.74 Å². The van der Waals surface area contributed by atoms with Crippen molar-refractivity contribution < 1.29 is 23.8 Å². The molecule has 0 aliphatic rings. The number of carbonyl (C=O) groups excluding carboxylic acids is 1. The van der Waals surface area contributed by atoms with Crippen molar-refractivity contribution in [3.63, 3.8) is 0 Å². The van der Waals surface area contributed by atoms with Crippen LogP contribution in [0.3, 0.4) is 0 Å². The van der Waals surface area contributed by atoms with Gasteiger partial charge in [0.1, 0.15) is 5.54 Å². The van der Waals surface area contributed by atoms with E-state index in [1.165, 1.54) is 26.2 Å². The predicted octanol–water partition coefficient (Wildman–Crippen LogP) is 2.21. The van der Waals surface area contributed by atoms with Gasteiger partial charge in [0.15, 0.2) is 11.6 Å². The SMILES string of the molecule is CCCC(C)(NC(=O)c1ccc(F)c(OC)c1)C(=O)O. The monoisotopic (exact) mass is 283 g/mol. The second-order valence-electron chi connectivity index (χ2n) is 4.69. The van der Waals surface area contributed by atoms with Crippen LogP contribution in [0.2, 0.25) is 0 Å². The van der Waals surface area contributed by atoms with Crippen molar-refractivity contribution in [3.05, 3.63) is 29.6 Å². The average Bonchev–Trinajstić information content (AvgIpc) is 2.39. The summed E-state index contributed by atoms with van der Waals surface area (Å²) in [5, 5.41) is 11.7. The summed E-state index contributed by atoms with van der Waals surface area (Å²) in [4.78, 5) is 23.3. The zero-order valence-electron chi connectivity index (χ0n) is 11.7. The maximum absolute atomic E-state index is 13.3. The molecule has 0 saturated heterocycles. The highest BCUT2D eigenvalue weighted by Crippen LogP contribution is 2.19. The molecule has 1 aromatic carbocycles. The predicted molar refractivity (Wildman–Crippen MR) is 71.4 cm³/mol. The Morgan fingerprint density at radius 2 is 2.10 bits per heavy atom. The van der Waals surface area contributed by atoms with Crippen LogP contribution in [0, 0.1) is 5.82 Å². The highest BCUT2D eigenvalue weighted by molar-refractivity contribution is 5.98. The van der Waals surface area contributed by atoms with Crippen molar-refractivity contribution in [2.24, 2.45) is 0 Å². The summed E-state index contributed by atoms with van der Waals surface area (Å²) in [5.74, 6) is -2.34. The van der Waals surface area contributed by atoms with Crippen LogP contribution in [0.25, 0.3) is 0 Å². The fourth-order valence-corrected chi connectivity index (χ4v) is 1.85. The molecule has 0 heterocycles. The van der Waals surface area contributed by atoms with Crippen molar-refractivity contribution in [1.82, 2.24) is 5.32 Å². The van der Waals surface area contributed by atoms with E-state index >= 15 is 0 Å². The number of carboxylic acid groups (broad SMARTS) is 1. The van der Waals surface area contributed by atoms with E-state index in [1.807, 2.05) is 6.92 Å². The van der Waals surface area contributed by atoms with E-state index in [1.54, 1.807) is 0 Å². The minimum atomic E-state index is -1.35.